The molecule has 2 rings (SSSR count). The topological polar surface area (TPSA) is 80.5 Å². The highest BCUT2D eigenvalue weighted by molar-refractivity contribution is 7.89. The second-order valence-corrected chi connectivity index (χ2v) is 7.72. The Hall–Kier alpha value is -2.30. The number of hydrogen-bond acceptors (Lipinski definition) is 5. The zero-order valence-electron chi connectivity index (χ0n) is 14.0. The Kier molecular flexibility index (Phi) is 5.55. The average Bonchev–Trinajstić information content (AvgIpc) is 2.91. The van der Waals surface area contributed by atoms with Gasteiger partial charge in [0.05, 0.1) is 12.5 Å². The molecule has 1 unspecified atom stereocenters. The number of carbonyl (C=O) groups is 1. The molecule has 2 aromatic rings. The van der Waals surface area contributed by atoms with Gasteiger partial charge in [0.2, 0.25) is 5.91 Å². The summed E-state index contributed by atoms with van der Waals surface area (Å²) in [7, 11) is -4.18. The number of hydrogen-bond donors (Lipinski definition) is 0. The number of aryl methyl sites for hydroxylation is 2. The predicted octanol–water partition coefficient (Wildman–Crippen LogP) is 2.90. The van der Waals surface area contributed by atoms with Gasteiger partial charge in [0.15, 0.2) is 10.7 Å². The van der Waals surface area contributed by atoms with Gasteiger partial charge in [-0.05, 0) is 38.5 Å². The number of amides is 1. The number of nitrogens with zero attached hydrogens (tertiary/aromatic N) is 2. The lowest BCUT2D eigenvalue weighted by Gasteiger charge is -2.23. The number of rotatable bonds is 5. The van der Waals surface area contributed by atoms with Crippen molar-refractivity contribution < 1.29 is 17.7 Å². The minimum atomic E-state index is -4.18. The molecule has 0 bridgehead atoms. The van der Waals surface area contributed by atoms with E-state index in [9.17, 15) is 13.2 Å². The largest absolute Gasteiger partial charge is 0.360 e. The number of halogens is 1. The summed E-state index contributed by atoms with van der Waals surface area (Å²) in [4.78, 5) is 12.7. The van der Waals surface area contributed by atoms with E-state index in [1.807, 2.05) is 0 Å². The van der Waals surface area contributed by atoms with E-state index in [1.165, 1.54) is 13.8 Å². The van der Waals surface area contributed by atoms with Gasteiger partial charge >= 0.3 is 0 Å². The molecule has 0 aliphatic rings. The van der Waals surface area contributed by atoms with Crippen molar-refractivity contribution in [2.75, 3.05) is 6.54 Å². The first-order valence-corrected chi connectivity index (χ1v) is 9.20. The standard InChI is InChI=1S/C17H17ClN2O4S/c1-5-10-20(25(22,23)16-12(3)19-24-13(16)4)17(21)11(2)14-6-8-15(18)9-7-14/h1,6-9,11H,10H2,2-4H3. The molecule has 0 saturated carbocycles. The van der Waals surface area contributed by atoms with Crippen LogP contribution in [-0.2, 0) is 14.8 Å². The van der Waals surface area contributed by atoms with Crippen molar-refractivity contribution in [3.8, 4) is 12.3 Å². The molecule has 1 aromatic heterocycles. The first kappa shape index (κ1) is 19.0. The Labute approximate surface area is 151 Å². The van der Waals surface area contributed by atoms with Gasteiger partial charge in [0, 0.05) is 5.02 Å². The number of benzene rings is 1. The van der Waals surface area contributed by atoms with Gasteiger partial charge in [0.1, 0.15) is 5.69 Å². The molecule has 0 fully saturated rings. The van der Waals surface area contributed by atoms with Crippen LogP contribution >= 0.6 is 11.6 Å². The van der Waals surface area contributed by atoms with E-state index in [-0.39, 0.29) is 22.9 Å². The van der Waals surface area contributed by atoms with Crippen LogP contribution in [0.3, 0.4) is 0 Å². The highest BCUT2D eigenvalue weighted by Gasteiger charge is 2.36. The summed E-state index contributed by atoms with van der Waals surface area (Å²) in [6.07, 6.45) is 5.29. The summed E-state index contributed by atoms with van der Waals surface area (Å²) >= 11 is 5.85. The summed E-state index contributed by atoms with van der Waals surface area (Å²) in [6.45, 7) is 4.18. The minimum absolute atomic E-state index is 0.103. The van der Waals surface area contributed by atoms with Gasteiger partial charge in [-0.25, -0.2) is 12.7 Å². The molecule has 25 heavy (non-hydrogen) atoms. The smallest absolute Gasteiger partial charge is 0.272 e. The van der Waals surface area contributed by atoms with Crippen LogP contribution in [0.5, 0.6) is 0 Å². The van der Waals surface area contributed by atoms with E-state index in [1.54, 1.807) is 31.2 Å². The third-order valence-electron chi connectivity index (χ3n) is 3.74. The maximum atomic E-state index is 12.9. The van der Waals surface area contributed by atoms with Gasteiger partial charge in [-0.15, -0.1) is 6.42 Å². The highest BCUT2D eigenvalue weighted by atomic mass is 35.5. The van der Waals surface area contributed by atoms with Crippen molar-refractivity contribution in [3.63, 3.8) is 0 Å². The Morgan fingerprint density at radius 2 is 1.96 bits per heavy atom. The second-order valence-electron chi connectivity index (χ2n) is 5.48. The molecule has 1 aromatic carbocycles. The molecule has 0 N–H and O–H groups in total. The van der Waals surface area contributed by atoms with Crippen molar-refractivity contribution in [1.29, 1.82) is 0 Å². The lowest BCUT2D eigenvalue weighted by molar-refractivity contribution is -0.127. The summed E-state index contributed by atoms with van der Waals surface area (Å²) in [5.74, 6) is 0.968. The summed E-state index contributed by atoms with van der Waals surface area (Å²) < 4.78 is 31.5. The molecule has 1 atom stereocenters. The van der Waals surface area contributed by atoms with Crippen molar-refractivity contribution in [2.24, 2.45) is 0 Å². The summed E-state index contributed by atoms with van der Waals surface area (Å²) in [5, 5.41) is 4.16. The van der Waals surface area contributed by atoms with Crippen LogP contribution in [0.15, 0.2) is 33.7 Å². The van der Waals surface area contributed by atoms with Crippen LogP contribution in [0.4, 0.5) is 0 Å². The molecular formula is C17H17ClN2O4S. The molecule has 0 aliphatic carbocycles. The quantitative estimate of drug-likeness (QED) is 0.745. The van der Waals surface area contributed by atoms with Crippen molar-refractivity contribution >= 4 is 27.5 Å². The maximum Gasteiger partial charge on any atom is 0.272 e. The van der Waals surface area contributed by atoms with Gasteiger partial charge in [-0.1, -0.05) is 34.8 Å². The van der Waals surface area contributed by atoms with Gasteiger partial charge < -0.3 is 4.52 Å². The predicted molar refractivity (Wildman–Crippen MR) is 93.6 cm³/mol. The molecule has 0 saturated heterocycles. The van der Waals surface area contributed by atoms with Gasteiger partial charge in [-0.2, -0.15) is 0 Å². The number of carbonyl (C=O) groups excluding carboxylic acids is 1. The van der Waals surface area contributed by atoms with Crippen LogP contribution in [0, 0.1) is 26.2 Å². The molecule has 1 heterocycles. The zero-order chi connectivity index (χ0) is 18.8. The first-order chi connectivity index (χ1) is 11.7. The van der Waals surface area contributed by atoms with Crippen molar-refractivity contribution in [2.45, 2.75) is 31.6 Å². The van der Waals surface area contributed by atoms with Crippen molar-refractivity contribution in [1.82, 2.24) is 9.46 Å². The van der Waals surface area contributed by atoms with Crippen LogP contribution < -0.4 is 0 Å². The SMILES string of the molecule is C#CCN(C(=O)C(C)c1ccc(Cl)cc1)S(=O)(=O)c1c(C)noc1C. The lowest BCUT2D eigenvalue weighted by atomic mass is 10.0. The Balaban J connectivity index is 2.45. The van der Waals surface area contributed by atoms with Crippen LogP contribution in [0.2, 0.25) is 5.02 Å². The molecular weight excluding hydrogens is 364 g/mol. The number of sulfonamides is 1. The van der Waals surface area contributed by atoms with Gasteiger partial charge in [0.25, 0.3) is 10.0 Å². The Morgan fingerprint density at radius 3 is 2.44 bits per heavy atom. The zero-order valence-corrected chi connectivity index (χ0v) is 15.6. The van der Waals surface area contributed by atoms with Crippen LogP contribution in [-0.4, -0.2) is 30.3 Å². The second kappa shape index (κ2) is 7.30. The fraction of sp³-hybridized carbons (Fsp3) is 0.294. The molecule has 1 amide bonds. The molecule has 6 nitrogen and oxygen atoms in total. The number of aromatic nitrogens is 1. The monoisotopic (exact) mass is 380 g/mol. The van der Waals surface area contributed by atoms with E-state index >= 15 is 0 Å². The molecule has 132 valence electrons. The van der Waals surface area contributed by atoms with E-state index in [4.69, 9.17) is 22.5 Å². The Bertz CT molecular complexity index is 907. The summed E-state index contributed by atoms with van der Waals surface area (Å²) in [6, 6.07) is 6.60. The molecule has 0 spiro atoms. The third kappa shape index (κ3) is 3.70. The third-order valence-corrected chi connectivity index (χ3v) is 5.98. The van der Waals surface area contributed by atoms with E-state index in [0.29, 0.717) is 14.9 Å². The van der Waals surface area contributed by atoms with Crippen molar-refractivity contribution in [3.05, 3.63) is 46.3 Å². The highest BCUT2D eigenvalue weighted by Crippen LogP contribution is 2.27. The van der Waals surface area contributed by atoms with Crippen LogP contribution in [0.25, 0.3) is 0 Å². The lowest BCUT2D eigenvalue weighted by Crippen LogP contribution is -2.40. The fourth-order valence-corrected chi connectivity index (χ4v) is 4.22. The minimum Gasteiger partial charge on any atom is -0.360 e. The van der Waals surface area contributed by atoms with Crippen LogP contribution in [0.1, 0.15) is 29.9 Å². The fourth-order valence-electron chi connectivity index (χ4n) is 2.43. The first-order valence-electron chi connectivity index (χ1n) is 7.38. The number of terminal acetylenes is 1. The summed E-state index contributed by atoms with van der Waals surface area (Å²) in [5.41, 5.74) is 0.803. The molecule has 8 heteroatoms. The maximum absolute atomic E-state index is 12.9. The van der Waals surface area contributed by atoms with E-state index in [2.05, 4.69) is 11.1 Å². The van der Waals surface area contributed by atoms with E-state index < -0.39 is 21.8 Å². The molecule has 0 aliphatic heterocycles. The normalized spacial score (nSPS) is 12.4. The molecule has 0 radical (unpaired) electrons. The van der Waals surface area contributed by atoms with E-state index in [0.717, 1.165) is 0 Å². The Morgan fingerprint density at radius 1 is 1.36 bits per heavy atom. The van der Waals surface area contributed by atoms with Gasteiger partial charge in [-0.3, -0.25) is 4.79 Å². The average molecular weight is 381 g/mol.